The van der Waals surface area contributed by atoms with Gasteiger partial charge in [-0.1, -0.05) is 41.4 Å². The first kappa shape index (κ1) is 14.3. The number of nitrogens with one attached hydrogen (secondary N) is 1. The molecule has 94 valence electrons. The quantitative estimate of drug-likeness (QED) is 0.861. The highest BCUT2D eigenvalue weighted by atomic mass is 79.9. The van der Waals surface area contributed by atoms with Gasteiger partial charge in [0.15, 0.2) is 0 Å². The molecule has 0 bridgehead atoms. The van der Waals surface area contributed by atoms with Gasteiger partial charge < -0.3 is 10.1 Å². The molecule has 1 aromatic rings. The minimum Gasteiger partial charge on any atom is -0.496 e. The van der Waals surface area contributed by atoms with Crippen LogP contribution in [-0.4, -0.2) is 20.2 Å². The zero-order chi connectivity index (χ0) is 12.7. The number of ether oxygens (including phenoxy) is 1. The summed E-state index contributed by atoms with van der Waals surface area (Å²) in [5.41, 5.74) is 2.50. The zero-order valence-electron chi connectivity index (χ0n) is 10.7. The standard InChI is InChI=1S/C14H20BrNO/c1-4-11(10-16-5-2)8-12-9-13(15)6-7-14(12)17-3/h6-9,16H,4-5,10H2,1-3H3. The summed E-state index contributed by atoms with van der Waals surface area (Å²) in [5.74, 6) is 0.913. The lowest BCUT2D eigenvalue weighted by Gasteiger charge is -2.09. The minimum atomic E-state index is 0.913. The van der Waals surface area contributed by atoms with E-state index in [9.17, 15) is 0 Å². The molecule has 0 fully saturated rings. The van der Waals surface area contributed by atoms with E-state index in [4.69, 9.17) is 4.74 Å². The van der Waals surface area contributed by atoms with E-state index < -0.39 is 0 Å². The molecular weight excluding hydrogens is 278 g/mol. The molecule has 1 rings (SSSR count). The van der Waals surface area contributed by atoms with Gasteiger partial charge in [-0.15, -0.1) is 0 Å². The maximum absolute atomic E-state index is 5.36. The van der Waals surface area contributed by atoms with Gasteiger partial charge in [0.05, 0.1) is 7.11 Å². The summed E-state index contributed by atoms with van der Waals surface area (Å²) in [6.07, 6.45) is 3.24. The molecule has 0 aliphatic rings. The summed E-state index contributed by atoms with van der Waals surface area (Å²) >= 11 is 3.49. The van der Waals surface area contributed by atoms with Crippen LogP contribution in [0.5, 0.6) is 5.75 Å². The molecule has 0 spiro atoms. The first-order valence-electron chi connectivity index (χ1n) is 5.95. The van der Waals surface area contributed by atoms with Crippen LogP contribution in [0.1, 0.15) is 25.8 Å². The van der Waals surface area contributed by atoms with Crippen LogP contribution in [0.2, 0.25) is 0 Å². The fourth-order valence-corrected chi connectivity index (χ4v) is 1.98. The molecule has 17 heavy (non-hydrogen) atoms. The SMILES string of the molecule is CCNCC(=Cc1cc(Br)ccc1OC)CC. The highest BCUT2D eigenvalue weighted by Crippen LogP contribution is 2.25. The monoisotopic (exact) mass is 297 g/mol. The lowest BCUT2D eigenvalue weighted by atomic mass is 10.1. The Bertz CT molecular complexity index is 388. The van der Waals surface area contributed by atoms with Crippen LogP contribution in [-0.2, 0) is 0 Å². The number of likely N-dealkylation sites (N-methyl/N-ethyl adjacent to an activating group) is 1. The van der Waals surface area contributed by atoms with Crippen molar-refractivity contribution in [3.05, 3.63) is 33.8 Å². The van der Waals surface area contributed by atoms with Crippen molar-refractivity contribution in [3.8, 4) is 5.75 Å². The molecule has 0 atom stereocenters. The van der Waals surface area contributed by atoms with E-state index in [0.29, 0.717) is 0 Å². The summed E-state index contributed by atoms with van der Waals surface area (Å²) in [6, 6.07) is 6.06. The van der Waals surface area contributed by atoms with Crippen molar-refractivity contribution in [3.63, 3.8) is 0 Å². The molecule has 0 aliphatic heterocycles. The number of hydrogen-bond donors (Lipinski definition) is 1. The number of hydrogen-bond acceptors (Lipinski definition) is 2. The van der Waals surface area contributed by atoms with Gasteiger partial charge in [-0.3, -0.25) is 0 Å². The third-order valence-electron chi connectivity index (χ3n) is 2.61. The van der Waals surface area contributed by atoms with Gasteiger partial charge in [-0.25, -0.2) is 0 Å². The molecule has 0 unspecified atom stereocenters. The summed E-state index contributed by atoms with van der Waals surface area (Å²) < 4.78 is 6.44. The van der Waals surface area contributed by atoms with Crippen LogP contribution >= 0.6 is 15.9 Å². The molecule has 3 heteroatoms. The van der Waals surface area contributed by atoms with Gasteiger partial charge in [-0.2, -0.15) is 0 Å². The minimum absolute atomic E-state index is 0.913. The molecule has 0 aliphatic carbocycles. The molecule has 2 nitrogen and oxygen atoms in total. The van der Waals surface area contributed by atoms with E-state index in [1.54, 1.807) is 7.11 Å². The van der Waals surface area contributed by atoms with Gasteiger partial charge in [0, 0.05) is 16.6 Å². The van der Waals surface area contributed by atoms with Gasteiger partial charge in [0.25, 0.3) is 0 Å². The Hall–Kier alpha value is -0.800. The van der Waals surface area contributed by atoms with E-state index in [1.807, 2.05) is 12.1 Å². The second-order valence-electron chi connectivity index (χ2n) is 3.82. The molecule has 1 N–H and O–H groups in total. The van der Waals surface area contributed by atoms with E-state index in [1.165, 1.54) is 5.57 Å². The van der Waals surface area contributed by atoms with E-state index in [0.717, 1.165) is 35.3 Å². The lowest BCUT2D eigenvalue weighted by molar-refractivity contribution is 0.413. The van der Waals surface area contributed by atoms with Crippen LogP contribution < -0.4 is 10.1 Å². The summed E-state index contributed by atoms with van der Waals surface area (Å²) in [5, 5.41) is 3.35. The Balaban J connectivity index is 2.96. The zero-order valence-corrected chi connectivity index (χ0v) is 12.3. The number of rotatable bonds is 6. The van der Waals surface area contributed by atoms with Gasteiger partial charge in [-0.05, 0) is 31.2 Å². The van der Waals surface area contributed by atoms with Crippen LogP contribution in [0.3, 0.4) is 0 Å². The van der Waals surface area contributed by atoms with E-state index >= 15 is 0 Å². The summed E-state index contributed by atoms with van der Waals surface area (Å²) in [7, 11) is 1.70. The smallest absolute Gasteiger partial charge is 0.126 e. The number of halogens is 1. The Morgan fingerprint density at radius 1 is 1.41 bits per heavy atom. The lowest BCUT2D eigenvalue weighted by Crippen LogP contribution is -2.15. The molecule has 1 aromatic carbocycles. The predicted octanol–water partition coefficient (Wildman–Crippen LogP) is 3.86. The fraction of sp³-hybridized carbons (Fsp3) is 0.429. The Morgan fingerprint density at radius 2 is 2.18 bits per heavy atom. The van der Waals surface area contributed by atoms with Gasteiger partial charge in [0.1, 0.15) is 5.75 Å². The average Bonchev–Trinajstić information content (AvgIpc) is 2.34. The third kappa shape index (κ3) is 4.52. The molecule has 0 heterocycles. The van der Waals surface area contributed by atoms with Crippen molar-refractivity contribution in [2.24, 2.45) is 0 Å². The predicted molar refractivity (Wildman–Crippen MR) is 77.5 cm³/mol. The van der Waals surface area contributed by atoms with Crippen LogP contribution in [0.25, 0.3) is 6.08 Å². The maximum atomic E-state index is 5.36. The summed E-state index contributed by atoms with van der Waals surface area (Å²) in [6.45, 7) is 6.22. The van der Waals surface area contributed by atoms with Crippen molar-refractivity contribution >= 4 is 22.0 Å². The largest absolute Gasteiger partial charge is 0.496 e. The molecule has 0 radical (unpaired) electrons. The van der Waals surface area contributed by atoms with Gasteiger partial charge >= 0.3 is 0 Å². The maximum Gasteiger partial charge on any atom is 0.126 e. The Kier molecular flexibility index (Phi) is 6.30. The van der Waals surface area contributed by atoms with Crippen molar-refractivity contribution in [1.29, 1.82) is 0 Å². The summed E-state index contributed by atoms with van der Waals surface area (Å²) in [4.78, 5) is 0. The first-order valence-corrected chi connectivity index (χ1v) is 6.74. The van der Waals surface area contributed by atoms with Crippen LogP contribution in [0.4, 0.5) is 0 Å². The van der Waals surface area contributed by atoms with Crippen molar-refractivity contribution in [2.75, 3.05) is 20.2 Å². The van der Waals surface area contributed by atoms with Crippen molar-refractivity contribution in [1.82, 2.24) is 5.32 Å². The number of methoxy groups -OCH3 is 1. The van der Waals surface area contributed by atoms with Gasteiger partial charge in [0.2, 0.25) is 0 Å². The normalized spacial score (nSPS) is 11.6. The topological polar surface area (TPSA) is 21.3 Å². The fourth-order valence-electron chi connectivity index (χ4n) is 1.60. The van der Waals surface area contributed by atoms with Crippen LogP contribution in [0.15, 0.2) is 28.2 Å². The molecule has 0 saturated carbocycles. The molecule has 0 saturated heterocycles. The first-order chi connectivity index (χ1) is 8.21. The second-order valence-corrected chi connectivity index (χ2v) is 4.74. The van der Waals surface area contributed by atoms with Crippen LogP contribution in [0, 0.1) is 0 Å². The highest BCUT2D eigenvalue weighted by molar-refractivity contribution is 9.10. The third-order valence-corrected chi connectivity index (χ3v) is 3.10. The highest BCUT2D eigenvalue weighted by Gasteiger charge is 2.02. The molecule has 0 amide bonds. The molecule has 0 aromatic heterocycles. The Labute approximate surface area is 112 Å². The Morgan fingerprint density at radius 3 is 2.76 bits per heavy atom. The van der Waals surface area contributed by atoms with Crippen molar-refractivity contribution < 1.29 is 4.74 Å². The second kappa shape index (κ2) is 7.51. The average molecular weight is 298 g/mol. The molecular formula is C14H20BrNO. The number of benzene rings is 1. The van der Waals surface area contributed by atoms with E-state index in [2.05, 4.69) is 47.2 Å². The van der Waals surface area contributed by atoms with E-state index in [-0.39, 0.29) is 0 Å². The van der Waals surface area contributed by atoms with Crippen molar-refractivity contribution in [2.45, 2.75) is 20.3 Å².